The van der Waals surface area contributed by atoms with Crippen LogP contribution in [0.3, 0.4) is 0 Å². The van der Waals surface area contributed by atoms with Gasteiger partial charge in [-0.2, -0.15) is 4.31 Å². The van der Waals surface area contributed by atoms with Crippen molar-refractivity contribution in [3.63, 3.8) is 0 Å². The summed E-state index contributed by atoms with van der Waals surface area (Å²) in [5, 5.41) is 0.871. The van der Waals surface area contributed by atoms with E-state index in [9.17, 15) is 27.2 Å². The first kappa shape index (κ1) is 25.8. The number of hydrogen-bond acceptors (Lipinski definition) is 6. The highest BCUT2D eigenvalue weighted by molar-refractivity contribution is 7.92. The lowest BCUT2D eigenvalue weighted by Gasteiger charge is -2.25. The average molecular weight is 529 g/mol. The molecule has 13 heteroatoms. The second kappa shape index (κ2) is 10.2. The van der Waals surface area contributed by atoms with E-state index in [1.807, 2.05) is 0 Å². The highest BCUT2D eigenvalue weighted by Crippen LogP contribution is 2.30. The third-order valence-electron chi connectivity index (χ3n) is 5.05. The zero-order chi connectivity index (χ0) is 25.2. The molecule has 3 rings (SSSR count). The van der Waals surface area contributed by atoms with Gasteiger partial charge in [-0.25, -0.2) is 12.8 Å². The molecule has 0 spiro atoms. The second-order valence-electron chi connectivity index (χ2n) is 7.66. The van der Waals surface area contributed by atoms with Crippen LogP contribution in [0.15, 0.2) is 35.7 Å². The van der Waals surface area contributed by atoms with Crippen molar-refractivity contribution in [2.45, 2.75) is 12.5 Å². The Balaban J connectivity index is 1.87. The SMILES string of the molecule is CN(C)C(=O)c1ccc(N2CC[C@H](N(CC(N)=O)S(=O)(=O)/C=C/c3ccc(Cl)s3)C2=O)c(F)c1. The van der Waals surface area contributed by atoms with Gasteiger partial charge in [-0.05, 0) is 42.8 Å². The van der Waals surface area contributed by atoms with Crippen LogP contribution in [0, 0.1) is 5.82 Å². The third-order valence-corrected chi connectivity index (χ3v) is 7.77. The Hall–Kier alpha value is -2.80. The third kappa shape index (κ3) is 5.63. The predicted octanol–water partition coefficient (Wildman–Crippen LogP) is 2.14. The Bertz CT molecular complexity index is 1260. The molecule has 0 saturated carbocycles. The topological polar surface area (TPSA) is 121 Å². The van der Waals surface area contributed by atoms with Crippen molar-refractivity contribution >= 4 is 62.4 Å². The highest BCUT2D eigenvalue weighted by atomic mass is 35.5. The first-order chi connectivity index (χ1) is 15.9. The van der Waals surface area contributed by atoms with Gasteiger partial charge in [-0.3, -0.25) is 14.4 Å². The number of sulfonamides is 1. The van der Waals surface area contributed by atoms with E-state index in [0.717, 1.165) is 27.7 Å². The van der Waals surface area contributed by atoms with Gasteiger partial charge in [-0.1, -0.05) is 11.6 Å². The monoisotopic (exact) mass is 528 g/mol. The number of amides is 3. The molecule has 1 aromatic carbocycles. The summed E-state index contributed by atoms with van der Waals surface area (Å²) in [5.74, 6) is -2.86. The van der Waals surface area contributed by atoms with Crippen molar-refractivity contribution < 1.29 is 27.2 Å². The van der Waals surface area contributed by atoms with Crippen molar-refractivity contribution in [3.05, 3.63) is 56.3 Å². The molecule has 1 fully saturated rings. The molecule has 0 bridgehead atoms. The molecule has 0 radical (unpaired) electrons. The number of nitrogens with two attached hydrogens (primary N) is 1. The molecule has 3 amide bonds. The van der Waals surface area contributed by atoms with E-state index < -0.39 is 46.1 Å². The minimum absolute atomic E-state index is 0.0103. The standard InChI is InChI=1S/C21H22ClFN4O5S2/c1-25(2)20(29)13-3-5-16(15(23)11-13)26-9-7-17(21(26)30)27(12-19(24)28)34(31,32)10-8-14-4-6-18(22)33-14/h3-6,8,10-11,17H,7,9,12H2,1-2H3,(H2,24,28)/b10-8+/t17-/m0/s1. The van der Waals surface area contributed by atoms with Crippen LogP contribution in [-0.2, 0) is 19.6 Å². The number of thiophene rings is 1. The number of benzene rings is 1. The lowest BCUT2D eigenvalue weighted by molar-refractivity contribution is -0.122. The molecular weight excluding hydrogens is 507 g/mol. The van der Waals surface area contributed by atoms with Crippen molar-refractivity contribution in [1.82, 2.24) is 9.21 Å². The van der Waals surface area contributed by atoms with Gasteiger partial charge in [0.15, 0.2) is 0 Å². The average Bonchev–Trinajstić information content (AvgIpc) is 3.35. The fourth-order valence-corrected chi connectivity index (χ4v) is 5.85. The van der Waals surface area contributed by atoms with Gasteiger partial charge in [0.2, 0.25) is 21.8 Å². The summed E-state index contributed by atoms with van der Waals surface area (Å²) >= 11 is 7.01. The largest absolute Gasteiger partial charge is 0.369 e. The number of carbonyl (C=O) groups excluding carboxylic acids is 3. The fraction of sp³-hybridized carbons (Fsp3) is 0.286. The van der Waals surface area contributed by atoms with E-state index in [2.05, 4.69) is 0 Å². The zero-order valence-electron chi connectivity index (χ0n) is 18.3. The quantitative estimate of drug-likeness (QED) is 0.562. The summed E-state index contributed by atoms with van der Waals surface area (Å²) in [6, 6.07) is 5.66. The Kier molecular flexibility index (Phi) is 7.76. The summed E-state index contributed by atoms with van der Waals surface area (Å²) in [6.07, 6.45) is 1.32. The van der Waals surface area contributed by atoms with Crippen LogP contribution in [0.1, 0.15) is 21.7 Å². The smallest absolute Gasteiger partial charge is 0.253 e. The van der Waals surface area contributed by atoms with Crippen LogP contribution in [0.4, 0.5) is 10.1 Å². The summed E-state index contributed by atoms with van der Waals surface area (Å²) < 4.78 is 41.9. The Labute approximate surface area is 205 Å². The molecule has 1 atom stereocenters. The molecule has 1 saturated heterocycles. The molecule has 9 nitrogen and oxygen atoms in total. The molecule has 2 aromatic rings. The van der Waals surface area contributed by atoms with Gasteiger partial charge < -0.3 is 15.5 Å². The molecule has 1 aliphatic rings. The van der Waals surface area contributed by atoms with Crippen LogP contribution < -0.4 is 10.6 Å². The van der Waals surface area contributed by atoms with Crippen LogP contribution in [0.2, 0.25) is 4.34 Å². The van der Waals surface area contributed by atoms with Crippen molar-refractivity contribution in [1.29, 1.82) is 0 Å². The predicted molar refractivity (Wildman–Crippen MR) is 128 cm³/mol. The normalized spacial score (nSPS) is 16.6. The number of halogens is 2. The molecule has 1 aromatic heterocycles. The van der Waals surface area contributed by atoms with Gasteiger partial charge in [0, 0.05) is 36.5 Å². The maximum absolute atomic E-state index is 14.8. The van der Waals surface area contributed by atoms with E-state index in [1.54, 1.807) is 12.1 Å². The van der Waals surface area contributed by atoms with E-state index in [-0.39, 0.29) is 24.2 Å². The van der Waals surface area contributed by atoms with E-state index >= 15 is 0 Å². The molecule has 2 heterocycles. The minimum atomic E-state index is -4.24. The first-order valence-electron chi connectivity index (χ1n) is 9.97. The van der Waals surface area contributed by atoms with Gasteiger partial charge in [0.25, 0.3) is 5.91 Å². The van der Waals surface area contributed by atoms with Gasteiger partial charge in [-0.15, -0.1) is 11.3 Å². The number of primary amides is 1. The lowest BCUT2D eigenvalue weighted by atomic mass is 10.1. The molecule has 34 heavy (non-hydrogen) atoms. The van der Waals surface area contributed by atoms with Crippen LogP contribution >= 0.6 is 22.9 Å². The highest BCUT2D eigenvalue weighted by Gasteiger charge is 2.42. The number of anilines is 1. The number of carbonyl (C=O) groups is 3. The van der Waals surface area contributed by atoms with Crippen molar-refractivity contribution in [2.24, 2.45) is 5.73 Å². The summed E-state index contributed by atoms with van der Waals surface area (Å²) in [4.78, 5) is 39.7. The summed E-state index contributed by atoms with van der Waals surface area (Å²) in [6.45, 7) is -0.711. The maximum Gasteiger partial charge on any atom is 0.253 e. The molecule has 2 N–H and O–H groups in total. The molecule has 1 aliphatic heterocycles. The fourth-order valence-electron chi connectivity index (χ4n) is 3.47. The minimum Gasteiger partial charge on any atom is -0.369 e. The van der Waals surface area contributed by atoms with Gasteiger partial charge in [0.1, 0.15) is 11.9 Å². The zero-order valence-corrected chi connectivity index (χ0v) is 20.7. The second-order valence-corrected chi connectivity index (χ2v) is 11.2. The lowest BCUT2D eigenvalue weighted by Crippen LogP contribution is -2.48. The number of nitrogens with zero attached hydrogens (tertiary/aromatic N) is 3. The number of hydrogen-bond donors (Lipinski definition) is 1. The maximum atomic E-state index is 14.8. The van der Waals surface area contributed by atoms with E-state index in [0.29, 0.717) is 13.5 Å². The van der Waals surface area contributed by atoms with Crippen LogP contribution in [0.5, 0.6) is 0 Å². The summed E-state index contributed by atoms with van der Waals surface area (Å²) in [5.41, 5.74) is 5.26. The molecule has 0 unspecified atom stereocenters. The Morgan fingerprint density at radius 1 is 1.29 bits per heavy atom. The van der Waals surface area contributed by atoms with Crippen molar-refractivity contribution in [3.8, 4) is 0 Å². The van der Waals surface area contributed by atoms with Crippen LogP contribution in [-0.4, -0.2) is 68.6 Å². The molecule has 0 aliphatic carbocycles. The van der Waals surface area contributed by atoms with E-state index in [1.165, 1.54) is 37.2 Å². The number of rotatable bonds is 8. The van der Waals surface area contributed by atoms with Crippen molar-refractivity contribution in [2.75, 3.05) is 32.1 Å². The van der Waals surface area contributed by atoms with Gasteiger partial charge >= 0.3 is 0 Å². The van der Waals surface area contributed by atoms with Crippen LogP contribution in [0.25, 0.3) is 6.08 Å². The van der Waals surface area contributed by atoms with Gasteiger partial charge in [0.05, 0.1) is 16.6 Å². The molecule has 182 valence electrons. The Morgan fingerprint density at radius 2 is 2.00 bits per heavy atom. The first-order valence-corrected chi connectivity index (χ1v) is 12.7. The molecular formula is C21H22ClFN4O5S2. The van der Waals surface area contributed by atoms with E-state index in [4.69, 9.17) is 17.3 Å². The summed E-state index contributed by atoms with van der Waals surface area (Å²) in [7, 11) is -1.19. The Morgan fingerprint density at radius 3 is 2.56 bits per heavy atom.